The quantitative estimate of drug-likeness (QED) is 0.922. The molecule has 5 heteroatoms. The van der Waals surface area contributed by atoms with Crippen LogP contribution in [0.4, 0.5) is 0 Å². The van der Waals surface area contributed by atoms with Crippen LogP contribution in [0.3, 0.4) is 0 Å². The summed E-state index contributed by atoms with van der Waals surface area (Å²) in [5, 5.41) is 8.82. The Kier molecular flexibility index (Phi) is 3.90. The molecule has 0 unspecified atom stereocenters. The van der Waals surface area contributed by atoms with Crippen LogP contribution in [0.5, 0.6) is 0 Å². The molecule has 1 aromatic rings. The van der Waals surface area contributed by atoms with Gasteiger partial charge < -0.3 is 10.0 Å². The molecule has 5 nitrogen and oxygen atoms in total. The van der Waals surface area contributed by atoms with E-state index in [9.17, 15) is 9.59 Å². The molecular formula is C16H20N2O3. The normalized spacial score (nSPS) is 19.5. The molecule has 1 aliphatic carbocycles. The number of rotatable bonds is 4. The Morgan fingerprint density at radius 1 is 1.24 bits per heavy atom. The first-order valence-electron chi connectivity index (χ1n) is 7.60. The molecule has 1 aromatic heterocycles. The minimum Gasteiger partial charge on any atom is -0.481 e. The number of aliphatic carboxylic acids is 1. The van der Waals surface area contributed by atoms with Crippen molar-refractivity contribution in [2.45, 2.75) is 38.0 Å². The number of likely N-dealkylation sites (tertiary alicyclic amines) is 1. The van der Waals surface area contributed by atoms with Gasteiger partial charge in [-0.15, -0.1) is 0 Å². The van der Waals surface area contributed by atoms with Crippen LogP contribution in [0.1, 0.15) is 54.1 Å². The SMILES string of the molecule is O=C(O)CC1CCN(C(=O)c2cc(C3CC3)ccn2)CC1. The van der Waals surface area contributed by atoms with Crippen LogP contribution < -0.4 is 0 Å². The van der Waals surface area contributed by atoms with E-state index in [-0.39, 0.29) is 18.2 Å². The number of hydrogen-bond acceptors (Lipinski definition) is 3. The highest BCUT2D eigenvalue weighted by Crippen LogP contribution is 2.40. The Balaban J connectivity index is 1.61. The van der Waals surface area contributed by atoms with E-state index in [4.69, 9.17) is 5.11 Å². The monoisotopic (exact) mass is 288 g/mol. The number of amides is 1. The van der Waals surface area contributed by atoms with Crippen molar-refractivity contribution in [3.8, 4) is 0 Å². The number of carboxylic acids is 1. The smallest absolute Gasteiger partial charge is 0.303 e. The first-order chi connectivity index (χ1) is 10.1. The summed E-state index contributed by atoms with van der Waals surface area (Å²) in [5.41, 5.74) is 1.74. The minimum absolute atomic E-state index is 0.0220. The first kappa shape index (κ1) is 14.0. The number of pyridine rings is 1. The fourth-order valence-corrected chi connectivity index (χ4v) is 2.98. The number of carbonyl (C=O) groups is 2. The molecule has 0 aromatic carbocycles. The largest absolute Gasteiger partial charge is 0.481 e. The average molecular weight is 288 g/mol. The molecule has 112 valence electrons. The number of carboxylic acid groups (broad SMARTS) is 1. The number of aromatic nitrogens is 1. The van der Waals surface area contributed by atoms with E-state index in [0.29, 0.717) is 24.7 Å². The summed E-state index contributed by atoms with van der Waals surface area (Å²) in [7, 11) is 0. The highest BCUT2D eigenvalue weighted by molar-refractivity contribution is 5.92. The molecular weight excluding hydrogens is 268 g/mol. The highest BCUT2D eigenvalue weighted by atomic mass is 16.4. The Bertz CT molecular complexity index is 546. The van der Waals surface area contributed by atoms with Gasteiger partial charge in [0.15, 0.2) is 0 Å². The maximum Gasteiger partial charge on any atom is 0.303 e. The van der Waals surface area contributed by atoms with Gasteiger partial charge in [0.25, 0.3) is 5.91 Å². The van der Waals surface area contributed by atoms with Crippen LogP contribution in [-0.2, 0) is 4.79 Å². The van der Waals surface area contributed by atoms with E-state index in [1.807, 2.05) is 12.1 Å². The zero-order chi connectivity index (χ0) is 14.8. The highest BCUT2D eigenvalue weighted by Gasteiger charge is 2.27. The average Bonchev–Trinajstić information content (AvgIpc) is 3.31. The molecule has 3 rings (SSSR count). The van der Waals surface area contributed by atoms with Gasteiger partial charge in [0, 0.05) is 25.7 Å². The van der Waals surface area contributed by atoms with Gasteiger partial charge in [0.2, 0.25) is 0 Å². The molecule has 0 atom stereocenters. The van der Waals surface area contributed by atoms with Gasteiger partial charge in [-0.2, -0.15) is 0 Å². The fourth-order valence-electron chi connectivity index (χ4n) is 2.98. The molecule has 2 fully saturated rings. The Labute approximate surface area is 124 Å². The van der Waals surface area contributed by atoms with E-state index in [0.717, 1.165) is 12.8 Å². The lowest BCUT2D eigenvalue weighted by atomic mass is 9.93. The third-order valence-electron chi connectivity index (χ3n) is 4.42. The molecule has 0 radical (unpaired) electrons. The Morgan fingerprint density at radius 3 is 2.57 bits per heavy atom. The van der Waals surface area contributed by atoms with Crippen LogP contribution in [0.2, 0.25) is 0 Å². The Morgan fingerprint density at radius 2 is 1.95 bits per heavy atom. The Hall–Kier alpha value is -1.91. The predicted octanol–water partition coefficient (Wildman–Crippen LogP) is 2.29. The summed E-state index contributed by atoms with van der Waals surface area (Å²) in [4.78, 5) is 29.2. The topological polar surface area (TPSA) is 70.5 Å². The molecule has 21 heavy (non-hydrogen) atoms. The maximum atomic E-state index is 12.5. The summed E-state index contributed by atoms with van der Waals surface area (Å²) >= 11 is 0. The zero-order valence-electron chi connectivity index (χ0n) is 12.0. The molecule has 1 aliphatic heterocycles. The lowest BCUT2D eigenvalue weighted by Gasteiger charge is -2.31. The van der Waals surface area contributed by atoms with Crippen molar-refractivity contribution in [3.63, 3.8) is 0 Å². The zero-order valence-corrected chi connectivity index (χ0v) is 12.0. The lowest BCUT2D eigenvalue weighted by Crippen LogP contribution is -2.39. The van der Waals surface area contributed by atoms with Crippen molar-refractivity contribution in [1.82, 2.24) is 9.88 Å². The van der Waals surface area contributed by atoms with Crippen LogP contribution in [0.15, 0.2) is 18.3 Å². The first-order valence-corrected chi connectivity index (χ1v) is 7.60. The van der Waals surface area contributed by atoms with Crippen LogP contribution in [-0.4, -0.2) is 40.0 Å². The van der Waals surface area contributed by atoms with Gasteiger partial charge in [-0.1, -0.05) is 0 Å². The van der Waals surface area contributed by atoms with Crippen LogP contribution in [0.25, 0.3) is 0 Å². The third kappa shape index (κ3) is 3.40. The molecule has 1 N–H and O–H groups in total. The van der Waals surface area contributed by atoms with Crippen molar-refractivity contribution in [2.75, 3.05) is 13.1 Å². The van der Waals surface area contributed by atoms with Crippen molar-refractivity contribution in [3.05, 3.63) is 29.6 Å². The number of piperidine rings is 1. The van der Waals surface area contributed by atoms with E-state index < -0.39 is 5.97 Å². The second-order valence-electron chi connectivity index (χ2n) is 6.08. The standard InChI is InChI=1S/C16H20N2O3/c19-15(20)9-11-4-7-18(8-5-11)16(21)14-10-13(3-6-17-14)12-1-2-12/h3,6,10-12H,1-2,4-5,7-9H2,(H,19,20). The van der Waals surface area contributed by atoms with Gasteiger partial charge in [-0.3, -0.25) is 14.6 Å². The van der Waals surface area contributed by atoms with Gasteiger partial charge in [-0.05, 0) is 55.2 Å². The van der Waals surface area contributed by atoms with Gasteiger partial charge >= 0.3 is 5.97 Å². The van der Waals surface area contributed by atoms with Crippen molar-refractivity contribution < 1.29 is 14.7 Å². The fraction of sp³-hybridized carbons (Fsp3) is 0.562. The van der Waals surface area contributed by atoms with Crippen LogP contribution in [0, 0.1) is 5.92 Å². The lowest BCUT2D eigenvalue weighted by molar-refractivity contribution is -0.138. The van der Waals surface area contributed by atoms with Crippen molar-refractivity contribution in [1.29, 1.82) is 0 Å². The summed E-state index contributed by atoms with van der Waals surface area (Å²) in [6, 6.07) is 3.91. The van der Waals surface area contributed by atoms with E-state index in [2.05, 4.69) is 4.98 Å². The van der Waals surface area contributed by atoms with E-state index >= 15 is 0 Å². The predicted molar refractivity (Wildman–Crippen MR) is 77.1 cm³/mol. The molecule has 0 spiro atoms. The molecule has 2 aliphatic rings. The van der Waals surface area contributed by atoms with Crippen molar-refractivity contribution >= 4 is 11.9 Å². The number of hydrogen-bond donors (Lipinski definition) is 1. The second-order valence-corrected chi connectivity index (χ2v) is 6.08. The van der Waals surface area contributed by atoms with Gasteiger partial charge in [0.05, 0.1) is 0 Å². The van der Waals surface area contributed by atoms with Gasteiger partial charge in [-0.25, -0.2) is 0 Å². The summed E-state index contributed by atoms with van der Waals surface area (Å²) in [6.07, 6.45) is 5.87. The number of carbonyl (C=O) groups excluding carboxylic acids is 1. The minimum atomic E-state index is -0.751. The second kappa shape index (κ2) is 5.84. The molecule has 2 heterocycles. The number of nitrogens with zero attached hydrogens (tertiary/aromatic N) is 2. The van der Waals surface area contributed by atoms with E-state index in [1.54, 1.807) is 11.1 Å². The van der Waals surface area contributed by atoms with Gasteiger partial charge in [0.1, 0.15) is 5.69 Å². The molecule has 1 saturated carbocycles. The van der Waals surface area contributed by atoms with Crippen molar-refractivity contribution in [2.24, 2.45) is 5.92 Å². The summed E-state index contributed by atoms with van der Waals surface area (Å²) in [5.74, 6) is 0.0306. The summed E-state index contributed by atoms with van der Waals surface area (Å²) in [6.45, 7) is 1.26. The third-order valence-corrected chi connectivity index (χ3v) is 4.42. The molecule has 0 bridgehead atoms. The molecule has 1 saturated heterocycles. The molecule has 1 amide bonds. The van der Waals surface area contributed by atoms with E-state index in [1.165, 1.54) is 18.4 Å². The van der Waals surface area contributed by atoms with Crippen LogP contribution >= 0.6 is 0 Å². The summed E-state index contributed by atoms with van der Waals surface area (Å²) < 4.78 is 0. The maximum absolute atomic E-state index is 12.5.